The zero-order valence-corrected chi connectivity index (χ0v) is 11.6. The van der Waals surface area contributed by atoms with Gasteiger partial charge in [0.2, 0.25) is 0 Å². The molecule has 0 aromatic carbocycles. The van der Waals surface area contributed by atoms with E-state index in [2.05, 4.69) is 5.43 Å². The van der Waals surface area contributed by atoms with Crippen molar-refractivity contribution in [1.82, 2.24) is 5.43 Å². The maximum absolute atomic E-state index is 5.90. The Kier molecular flexibility index (Phi) is 5.42. The van der Waals surface area contributed by atoms with Crippen molar-refractivity contribution >= 4 is 0 Å². The highest BCUT2D eigenvalue weighted by Gasteiger charge is 2.40. The van der Waals surface area contributed by atoms with Crippen LogP contribution in [0.25, 0.3) is 0 Å². The van der Waals surface area contributed by atoms with Gasteiger partial charge >= 0.3 is 0 Å². The molecule has 0 amide bonds. The van der Waals surface area contributed by atoms with E-state index in [0.29, 0.717) is 0 Å². The van der Waals surface area contributed by atoms with Gasteiger partial charge in [0.05, 0.1) is 11.6 Å². The van der Waals surface area contributed by atoms with Crippen LogP contribution in [0.3, 0.4) is 0 Å². The molecule has 2 aliphatic rings. The lowest BCUT2D eigenvalue weighted by Crippen LogP contribution is -2.56. The Morgan fingerprint density at radius 2 is 1.94 bits per heavy atom. The van der Waals surface area contributed by atoms with Crippen molar-refractivity contribution in [3.63, 3.8) is 0 Å². The van der Waals surface area contributed by atoms with Gasteiger partial charge in [0.1, 0.15) is 0 Å². The minimum Gasteiger partial charge on any atom is -0.381 e. The van der Waals surface area contributed by atoms with Crippen LogP contribution in [-0.4, -0.2) is 32.0 Å². The van der Waals surface area contributed by atoms with Crippen LogP contribution < -0.4 is 11.3 Å². The Balaban J connectivity index is 1.96. The van der Waals surface area contributed by atoms with Gasteiger partial charge in [-0.3, -0.25) is 11.3 Å². The number of hydrogen-bond donors (Lipinski definition) is 2. The first-order chi connectivity index (χ1) is 8.80. The summed E-state index contributed by atoms with van der Waals surface area (Å²) in [5.74, 6) is 6.55. The summed E-state index contributed by atoms with van der Waals surface area (Å²) in [7, 11) is 1.85. The summed E-state index contributed by atoms with van der Waals surface area (Å²) in [5.41, 5.74) is 3.01. The molecule has 3 N–H and O–H groups in total. The molecule has 1 unspecified atom stereocenters. The van der Waals surface area contributed by atoms with Crippen LogP contribution in [0.15, 0.2) is 0 Å². The van der Waals surface area contributed by atoms with Crippen LogP contribution in [0.4, 0.5) is 0 Å². The predicted octanol–water partition coefficient (Wildman–Crippen LogP) is 1.98. The lowest BCUT2D eigenvalue weighted by atomic mass is 9.75. The normalized spacial score (nSPS) is 27.0. The first-order valence-electron chi connectivity index (χ1n) is 7.40. The molecule has 0 aromatic heterocycles. The summed E-state index contributed by atoms with van der Waals surface area (Å²) in [5, 5.41) is 0. The molecule has 1 aliphatic heterocycles. The molecule has 4 nitrogen and oxygen atoms in total. The molecule has 18 heavy (non-hydrogen) atoms. The fourth-order valence-electron chi connectivity index (χ4n) is 3.60. The van der Waals surface area contributed by atoms with Crippen molar-refractivity contribution in [1.29, 1.82) is 0 Å². The first-order valence-corrected chi connectivity index (χ1v) is 7.40. The van der Waals surface area contributed by atoms with Crippen molar-refractivity contribution in [2.24, 2.45) is 11.8 Å². The standard InChI is InChI=1S/C14H28N2O2/c1-17-14(7-3-2-4-8-14)13(16-15)11-12-5-9-18-10-6-12/h12-13,16H,2-11,15H2,1H3. The summed E-state index contributed by atoms with van der Waals surface area (Å²) in [6, 6.07) is 0.283. The van der Waals surface area contributed by atoms with Crippen molar-refractivity contribution in [3.05, 3.63) is 0 Å². The molecule has 2 rings (SSSR count). The van der Waals surface area contributed by atoms with Crippen LogP contribution >= 0.6 is 0 Å². The van der Waals surface area contributed by atoms with Gasteiger partial charge in [0.15, 0.2) is 0 Å². The highest BCUT2D eigenvalue weighted by molar-refractivity contribution is 4.95. The van der Waals surface area contributed by atoms with Gasteiger partial charge in [-0.2, -0.15) is 0 Å². The molecule has 1 aliphatic carbocycles. The molecule has 0 aromatic rings. The summed E-state index contributed by atoms with van der Waals surface area (Å²) >= 11 is 0. The first kappa shape index (κ1) is 14.3. The molecular formula is C14H28N2O2. The van der Waals surface area contributed by atoms with Crippen LogP contribution in [0.5, 0.6) is 0 Å². The lowest BCUT2D eigenvalue weighted by molar-refractivity contribution is -0.0759. The van der Waals surface area contributed by atoms with E-state index >= 15 is 0 Å². The van der Waals surface area contributed by atoms with Crippen molar-refractivity contribution < 1.29 is 9.47 Å². The van der Waals surface area contributed by atoms with Crippen LogP contribution in [0, 0.1) is 5.92 Å². The maximum atomic E-state index is 5.90. The second-order valence-corrected chi connectivity index (χ2v) is 5.84. The summed E-state index contributed by atoms with van der Waals surface area (Å²) in [6.45, 7) is 1.81. The van der Waals surface area contributed by atoms with Crippen LogP contribution in [-0.2, 0) is 9.47 Å². The third kappa shape index (κ3) is 3.23. The Morgan fingerprint density at radius 1 is 1.28 bits per heavy atom. The fraction of sp³-hybridized carbons (Fsp3) is 1.00. The molecule has 106 valence electrons. The van der Waals surface area contributed by atoms with E-state index in [1.165, 1.54) is 19.3 Å². The number of nitrogens with one attached hydrogen (secondary N) is 1. The molecule has 1 saturated carbocycles. The van der Waals surface area contributed by atoms with Crippen molar-refractivity contribution in [2.75, 3.05) is 20.3 Å². The second kappa shape index (κ2) is 6.85. The van der Waals surface area contributed by atoms with E-state index in [-0.39, 0.29) is 11.6 Å². The molecule has 0 radical (unpaired) electrons. The Hall–Kier alpha value is -0.160. The third-order valence-electron chi connectivity index (χ3n) is 4.85. The quantitative estimate of drug-likeness (QED) is 0.583. The number of nitrogens with two attached hydrogens (primary N) is 1. The van der Waals surface area contributed by atoms with Crippen LogP contribution in [0.1, 0.15) is 51.4 Å². The zero-order chi connectivity index (χ0) is 12.8. The molecule has 2 fully saturated rings. The van der Waals surface area contributed by atoms with Gasteiger partial charge in [-0.05, 0) is 38.0 Å². The highest BCUT2D eigenvalue weighted by atomic mass is 16.5. The van der Waals surface area contributed by atoms with E-state index in [9.17, 15) is 0 Å². The average molecular weight is 256 g/mol. The largest absolute Gasteiger partial charge is 0.381 e. The zero-order valence-electron chi connectivity index (χ0n) is 11.6. The molecule has 1 atom stereocenters. The molecule has 1 heterocycles. The number of rotatable bonds is 5. The molecule has 4 heteroatoms. The molecular weight excluding hydrogens is 228 g/mol. The third-order valence-corrected chi connectivity index (χ3v) is 4.85. The Labute approximate surface area is 111 Å². The number of hydrazine groups is 1. The number of hydrogen-bond acceptors (Lipinski definition) is 4. The maximum Gasteiger partial charge on any atom is 0.0844 e. The minimum atomic E-state index is -0.0364. The van der Waals surface area contributed by atoms with Gasteiger partial charge in [-0.1, -0.05) is 19.3 Å². The SMILES string of the molecule is COC1(C(CC2CCOCC2)NN)CCCCC1. The van der Waals surface area contributed by atoms with Gasteiger partial charge in [0.25, 0.3) is 0 Å². The van der Waals surface area contributed by atoms with Gasteiger partial charge < -0.3 is 9.47 Å². The topological polar surface area (TPSA) is 56.5 Å². The van der Waals surface area contributed by atoms with Crippen molar-refractivity contribution in [3.8, 4) is 0 Å². The molecule has 1 saturated heterocycles. The summed E-state index contributed by atoms with van der Waals surface area (Å²) < 4.78 is 11.3. The fourth-order valence-corrected chi connectivity index (χ4v) is 3.60. The van der Waals surface area contributed by atoms with Crippen LogP contribution in [0.2, 0.25) is 0 Å². The van der Waals surface area contributed by atoms with E-state index in [1.54, 1.807) is 0 Å². The van der Waals surface area contributed by atoms with Gasteiger partial charge in [-0.25, -0.2) is 0 Å². The van der Waals surface area contributed by atoms with Gasteiger partial charge in [0, 0.05) is 20.3 Å². The van der Waals surface area contributed by atoms with E-state index < -0.39 is 0 Å². The van der Waals surface area contributed by atoms with Crippen molar-refractivity contribution in [2.45, 2.75) is 63.0 Å². The smallest absolute Gasteiger partial charge is 0.0844 e. The Bertz CT molecular complexity index is 236. The lowest BCUT2D eigenvalue weighted by Gasteiger charge is -2.43. The second-order valence-electron chi connectivity index (χ2n) is 5.84. The number of methoxy groups -OCH3 is 1. The van der Waals surface area contributed by atoms with Gasteiger partial charge in [-0.15, -0.1) is 0 Å². The molecule has 0 spiro atoms. The highest BCUT2D eigenvalue weighted by Crippen LogP contribution is 2.37. The summed E-state index contributed by atoms with van der Waals surface area (Å²) in [6.07, 6.45) is 9.59. The predicted molar refractivity (Wildman–Crippen MR) is 72.1 cm³/mol. The van der Waals surface area contributed by atoms with E-state index in [4.69, 9.17) is 15.3 Å². The number of ether oxygens (including phenoxy) is 2. The minimum absolute atomic E-state index is 0.0364. The average Bonchev–Trinajstić information content (AvgIpc) is 2.46. The van der Waals surface area contributed by atoms with E-state index in [0.717, 1.165) is 51.2 Å². The van der Waals surface area contributed by atoms with E-state index in [1.807, 2.05) is 7.11 Å². The summed E-state index contributed by atoms with van der Waals surface area (Å²) in [4.78, 5) is 0. The monoisotopic (exact) mass is 256 g/mol. The molecule has 0 bridgehead atoms. The Morgan fingerprint density at radius 3 is 2.50 bits per heavy atom.